The first kappa shape index (κ1) is 26.3. The Hall–Kier alpha value is -3.96. The van der Waals surface area contributed by atoms with Crippen LogP contribution in [-0.2, 0) is 11.3 Å². The number of nitrogens with zero attached hydrogens (tertiary/aromatic N) is 2. The minimum absolute atomic E-state index is 0.196. The Balaban J connectivity index is 1.25. The molecule has 0 radical (unpaired) electrons. The molecular weight excluding hydrogens is 575 g/mol. The molecule has 3 aromatic carbocycles. The molecule has 6 rings (SSSR count). The predicted molar refractivity (Wildman–Crippen MR) is 151 cm³/mol. The molecule has 0 saturated heterocycles. The molecule has 7 nitrogen and oxygen atoms in total. The molecule has 2 aromatic heterocycles. The largest absolute Gasteiger partial charge is 0.489 e. The third-order valence-corrected chi connectivity index (χ3v) is 7.41. The summed E-state index contributed by atoms with van der Waals surface area (Å²) in [5, 5.41) is 5.67. The van der Waals surface area contributed by atoms with Crippen LogP contribution in [0.1, 0.15) is 51.6 Å². The summed E-state index contributed by atoms with van der Waals surface area (Å²) < 4.78 is 22.0. The number of hydrogen-bond acceptors (Lipinski definition) is 7. The molecule has 1 aliphatic carbocycles. The van der Waals surface area contributed by atoms with Crippen LogP contribution in [0.5, 0.6) is 5.75 Å². The summed E-state index contributed by atoms with van der Waals surface area (Å²) in [5.74, 6) is 7.17. The van der Waals surface area contributed by atoms with E-state index in [4.69, 9.17) is 53.2 Å². The van der Waals surface area contributed by atoms with Crippen LogP contribution in [0.4, 0.5) is 0 Å². The second-order valence-electron chi connectivity index (χ2n) is 9.14. The van der Waals surface area contributed by atoms with Gasteiger partial charge in [-0.3, -0.25) is 0 Å². The molecule has 10 heteroatoms. The van der Waals surface area contributed by atoms with E-state index in [1.165, 1.54) is 13.5 Å². The van der Waals surface area contributed by atoms with Crippen LogP contribution in [0, 0.1) is 11.8 Å². The number of rotatable bonds is 6. The number of oxazole rings is 1. The highest BCUT2D eigenvalue weighted by molar-refractivity contribution is 6.39. The molecule has 1 saturated carbocycles. The summed E-state index contributed by atoms with van der Waals surface area (Å²) in [5.41, 5.74) is 4.22. The molecule has 0 unspecified atom stereocenters. The zero-order valence-electron chi connectivity index (χ0n) is 21.0. The fraction of sp³-hybridized carbons (Fsp3) is 0.167. The van der Waals surface area contributed by atoms with E-state index in [2.05, 4.69) is 22.0 Å². The molecule has 0 amide bonds. The Morgan fingerprint density at radius 1 is 1.05 bits per heavy atom. The highest BCUT2D eigenvalue weighted by Crippen LogP contribution is 2.46. The molecular formula is C30H19Cl3N2O5. The number of carbonyl (C=O) groups excluding carboxylic acids is 1. The summed E-state index contributed by atoms with van der Waals surface area (Å²) in [6.07, 6.45) is 3.33. The maximum absolute atomic E-state index is 12.2. The van der Waals surface area contributed by atoms with Gasteiger partial charge < -0.3 is 18.4 Å². The lowest BCUT2D eigenvalue weighted by Gasteiger charge is -2.10. The van der Waals surface area contributed by atoms with Gasteiger partial charge in [-0.1, -0.05) is 57.9 Å². The second kappa shape index (κ2) is 10.9. The number of ether oxygens (including phenoxy) is 2. The number of aromatic nitrogens is 2. The van der Waals surface area contributed by atoms with E-state index >= 15 is 0 Å². The van der Waals surface area contributed by atoms with Gasteiger partial charge in [0.25, 0.3) is 0 Å². The third kappa shape index (κ3) is 5.14. The highest BCUT2D eigenvalue weighted by Gasteiger charge is 2.33. The normalized spacial score (nSPS) is 12.7. The quantitative estimate of drug-likeness (QED) is 0.145. The van der Waals surface area contributed by atoms with Crippen molar-refractivity contribution in [3.8, 4) is 28.8 Å². The molecule has 0 bridgehead atoms. The standard InChI is InChI=1S/C30H19Cl3N2O5/c1-37-30(36)20-11-16(12-25-29(20)39-15-34-25)5-6-17-9-10-19(13-24(17)33)38-14-21-27(35-40-28(21)18-7-8-18)26-22(31)3-2-4-23(26)32/h2-4,9-13,15,18H,7-8,14H2,1H3. The topological polar surface area (TPSA) is 87.6 Å². The number of halogens is 3. The van der Waals surface area contributed by atoms with Crippen molar-refractivity contribution >= 4 is 51.9 Å². The van der Waals surface area contributed by atoms with E-state index in [1.54, 1.807) is 48.5 Å². The summed E-state index contributed by atoms with van der Waals surface area (Å²) in [7, 11) is 1.30. The number of hydrogen-bond donors (Lipinski definition) is 0. The molecule has 0 spiro atoms. The number of carbonyl (C=O) groups is 1. The molecule has 1 fully saturated rings. The molecule has 0 aliphatic heterocycles. The maximum Gasteiger partial charge on any atom is 0.341 e. The first-order chi connectivity index (χ1) is 19.4. The average molecular weight is 594 g/mol. The number of fused-ring (bicyclic) bond motifs is 1. The predicted octanol–water partition coefficient (Wildman–Crippen LogP) is 8.09. The van der Waals surface area contributed by atoms with E-state index in [0.717, 1.165) is 24.2 Å². The molecule has 2 heterocycles. The Bertz CT molecular complexity index is 1810. The lowest BCUT2D eigenvalue weighted by molar-refractivity contribution is 0.0601. The molecule has 0 atom stereocenters. The van der Waals surface area contributed by atoms with E-state index < -0.39 is 5.97 Å². The van der Waals surface area contributed by atoms with Crippen LogP contribution in [0.25, 0.3) is 22.4 Å². The fourth-order valence-corrected chi connectivity index (χ4v) is 5.13. The first-order valence-electron chi connectivity index (χ1n) is 12.3. The monoisotopic (exact) mass is 592 g/mol. The Labute approximate surface area is 243 Å². The van der Waals surface area contributed by atoms with Gasteiger partial charge in [0.1, 0.15) is 34.9 Å². The van der Waals surface area contributed by atoms with Gasteiger partial charge in [-0.25, -0.2) is 9.78 Å². The molecule has 0 N–H and O–H groups in total. The van der Waals surface area contributed by atoms with Crippen LogP contribution in [0.2, 0.25) is 15.1 Å². The molecule has 40 heavy (non-hydrogen) atoms. The third-order valence-electron chi connectivity index (χ3n) is 6.47. The summed E-state index contributed by atoms with van der Waals surface area (Å²) >= 11 is 19.5. The molecule has 5 aromatic rings. The highest BCUT2D eigenvalue weighted by atomic mass is 35.5. The van der Waals surface area contributed by atoms with Gasteiger partial charge in [0.15, 0.2) is 12.0 Å². The molecule has 200 valence electrons. The lowest BCUT2D eigenvalue weighted by atomic mass is 10.0. The van der Waals surface area contributed by atoms with Gasteiger partial charge in [0.2, 0.25) is 0 Å². The minimum atomic E-state index is -0.539. The second-order valence-corrected chi connectivity index (χ2v) is 10.4. The van der Waals surface area contributed by atoms with E-state index in [9.17, 15) is 4.79 Å². The number of benzene rings is 3. The van der Waals surface area contributed by atoms with Crippen molar-refractivity contribution in [2.75, 3.05) is 7.11 Å². The van der Waals surface area contributed by atoms with Crippen molar-refractivity contribution in [2.24, 2.45) is 0 Å². The van der Waals surface area contributed by atoms with Gasteiger partial charge in [-0.05, 0) is 49.2 Å². The van der Waals surface area contributed by atoms with Crippen molar-refractivity contribution in [1.29, 1.82) is 0 Å². The van der Waals surface area contributed by atoms with Crippen molar-refractivity contribution in [1.82, 2.24) is 10.1 Å². The smallest absolute Gasteiger partial charge is 0.341 e. The van der Waals surface area contributed by atoms with Crippen molar-refractivity contribution < 1.29 is 23.2 Å². The maximum atomic E-state index is 12.2. The number of esters is 1. The Morgan fingerprint density at radius 3 is 2.58 bits per heavy atom. The Kier molecular flexibility index (Phi) is 7.16. The van der Waals surface area contributed by atoms with Crippen molar-refractivity contribution in [3.05, 3.63) is 98.0 Å². The van der Waals surface area contributed by atoms with Crippen LogP contribution >= 0.6 is 34.8 Å². The zero-order valence-corrected chi connectivity index (χ0v) is 23.2. The summed E-state index contributed by atoms with van der Waals surface area (Å²) in [4.78, 5) is 16.3. The minimum Gasteiger partial charge on any atom is -0.489 e. The van der Waals surface area contributed by atoms with Gasteiger partial charge >= 0.3 is 5.97 Å². The number of methoxy groups -OCH3 is 1. The van der Waals surface area contributed by atoms with Crippen LogP contribution in [0.3, 0.4) is 0 Å². The average Bonchev–Trinajstić information content (AvgIpc) is 3.53. The Morgan fingerprint density at radius 2 is 1.85 bits per heavy atom. The van der Waals surface area contributed by atoms with Gasteiger partial charge in [0, 0.05) is 28.7 Å². The zero-order chi connectivity index (χ0) is 27.8. The molecule has 1 aliphatic rings. The van der Waals surface area contributed by atoms with E-state index in [-0.39, 0.29) is 12.2 Å². The summed E-state index contributed by atoms with van der Waals surface area (Å²) in [6.45, 7) is 0.196. The van der Waals surface area contributed by atoms with E-state index in [0.29, 0.717) is 60.2 Å². The van der Waals surface area contributed by atoms with Gasteiger partial charge in [-0.2, -0.15) is 0 Å². The van der Waals surface area contributed by atoms with Crippen molar-refractivity contribution in [3.63, 3.8) is 0 Å². The van der Waals surface area contributed by atoms with Gasteiger partial charge in [-0.15, -0.1) is 0 Å². The van der Waals surface area contributed by atoms with Crippen LogP contribution < -0.4 is 4.74 Å². The fourth-order valence-electron chi connectivity index (χ4n) is 4.33. The lowest BCUT2D eigenvalue weighted by Crippen LogP contribution is -2.02. The van der Waals surface area contributed by atoms with Gasteiger partial charge in [0.05, 0.1) is 27.7 Å². The summed E-state index contributed by atoms with van der Waals surface area (Å²) in [6, 6.07) is 13.9. The first-order valence-corrected chi connectivity index (χ1v) is 13.4. The van der Waals surface area contributed by atoms with Crippen molar-refractivity contribution in [2.45, 2.75) is 25.4 Å². The van der Waals surface area contributed by atoms with Crippen LogP contribution in [0.15, 0.2) is 63.9 Å². The van der Waals surface area contributed by atoms with E-state index in [1.807, 2.05) is 0 Å². The SMILES string of the molecule is COC(=O)c1cc(C#Cc2ccc(OCc3c(-c4c(Cl)cccc4Cl)noc3C3CC3)cc2Cl)cc2ncoc12. The van der Waals surface area contributed by atoms with Crippen LogP contribution in [-0.4, -0.2) is 23.2 Å².